The van der Waals surface area contributed by atoms with E-state index in [9.17, 15) is 0 Å². The molecule has 0 aliphatic carbocycles. The molecule has 2 aromatic rings. The molecule has 29 heavy (non-hydrogen) atoms. The highest BCUT2D eigenvalue weighted by Gasteiger charge is 2.60. The van der Waals surface area contributed by atoms with Crippen LogP contribution in [-0.4, -0.2) is 58.7 Å². The van der Waals surface area contributed by atoms with Crippen LogP contribution in [0.3, 0.4) is 0 Å². The fourth-order valence-electron chi connectivity index (χ4n) is 5.45. The molecule has 0 saturated carbocycles. The molecule has 0 aromatic heterocycles. The van der Waals surface area contributed by atoms with Crippen LogP contribution >= 0.6 is 11.6 Å². The first-order valence-electron chi connectivity index (χ1n) is 10.2. The molecule has 2 aromatic carbocycles. The smallest absolute Gasteiger partial charge is 0.213 e. The third-order valence-corrected chi connectivity index (χ3v) is 6.60. The SMILES string of the molecule is COc1cccc(/C=N\N=C(/c2ccc(Cl)cc2)C23C[NH+]4C[NH+](C[NH+](C4)C2)C3)c1. The quantitative estimate of drug-likeness (QED) is 0.416. The fraction of sp³-hybridized carbons (Fsp3) is 0.364. The second kappa shape index (κ2) is 7.54. The van der Waals surface area contributed by atoms with Gasteiger partial charge in [0.1, 0.15) is 25.4 Å². The Kier molecular flexibility index (Phi) is 4.87. The average molecular weight is 413 g/mol. The predicted molar refractivity (Wildman–Crippen MR) is 113 cm³/mol. The number of methoxy groups -OCH3 is 1. The largest absolute Gasteiger partial charge is 0.497 e. The third kappa shape index (κ3) is 3.69. The van der Waals surface area contributed by atoms with Gasteiger partial charge in [-0.25, -0.2) is 14.7 Å². The molecule has 0 radical (unpaired) electrons. The minimum atomic E-state index is 0.0638. The van der Waals surface area contributed by atoms with E-state index < -0.39 is 0 Å². The van der Waals surface area contributed by atoms with Crippen molar-refractivity contribution in [2.45, 2.75) is 0 Å². The minimum absolute atomic E-state index is 0.0638. The first kappa shape index (κ1) is 18.8. The molecule has 4 bridgehead atoms. The van der Waals surface area contributed by atoms with Crippen LogP contribution in [0.4, 0.5) is 0 Å². The molecule has 4 heterocycles. The summed E-state index contributed by atoms with van der Waals surface area (Å²) in [5.74, 6) is 0.820. The van der Waals surface area contributed by atoms with E-state index in [2.05, 4.69) is 17.2 Å². The number of hydrogen-bond acceptors (Lipinski definition) is 3. The van der Waals surface area contributed by atoms with Crippen molar-refractivity contribution in [1.82, 2.24) is 0 Å². The van der Waals surface area contributed by atoms with Crippen LogP contribution in [0.5, 0.6) is 5.75 Å². The molecule has 0 spiro atoms. The van der Waals surface area contributed by atoms with E-state index in [1.54, 1.807) is 21.8 Å². The molecule has 0 atom stereocenters. The van der Waals surface area contributed by atoms with E-state index in [0.29, 0.717) is 0 Å². The van der Waals surface area contributed by atoms with Gasteiger partial charge in [0.05, 0.1) is 19.0 Å². The molecular weight excluding hydrogens is 386 g/mol. The van der Waals surface area contributed by atoms with Crippen molar-refractivity contribution in [2.75, 3.05) is 46.8 Å². The molecule has 4 saturated heterocycles. The van der Waals surface area contributed by atoms with Gasteiger partial charge < -0.3 is 4.74 Å². The number of rotatable bonds is 5. The predicted octanol–water partition coefficient (Wildman–Crippen LogP) is -1.27. The van der Waals surface area contributed by atoms with Gasteiger partial charge in [-0.1, -0.05) is 35.9 Å². The number of hydrogen-bond donors (Lipinski definition) is 3. The Hall–Kier alpha value is -2.25. The zero-order valence-corrected chi connectivity index (χ0v) is 17.4. The second-order valence-electron chi connectivity index (χ2n) is 8.57. The summed E-state index contributed by atoms with van der Waals surface area (Å²) in [6, 6.07) is 15.9. The van der Waals surface area contributed by atoms with Gasteiger partial charge in [-0.15, -0.1) is 0 Å². The summed E-state index contributed by atoms with van der Waals surface area (Å²) in [5.41, 5.74) is 3.27. The van der Waals surface area contributed by atoms with Crippen LogP contribution < -0.4 is 19.4 Å². The summed E-state index contributed by atoms with van der Waals surface area (Å²) in [7, 11) is 1.67. The Morgan fingerprint density at radius 1 is 1.00 bits per heavy atom. The number of halogens is 1. The maximum absolute atomic E-state index is 6.15. The molecule has 3 N–H and O–H groups in total. The van der Waals surface area contributed by atoms with Gasteiger partial charge in [-0.3, -0.25) is 0 Å². The van der Waals surface area contributed by atoms with E-state index in [1.807, 2.05) is 42.6 Å². The first-order chi connectivity index (χ1) is 14.1. The van der Waals surface area contributed by atoms with Crippen LogP contribution in [0, 0.1) is 5.41 Å². The second-order valence-corrected chi connectivity index (χ2v) is 9.00. The monoisotopic (exact) mass is 412 g/mol. The molecule has 0 unspecified atom stereocenters. The molecular formula is C22H27ClN5O+3. The van der Waals surface area contributed by atoms with Gasteiger partial charge in [-0.2, -0.15) is 10.2 Å². The lowest BCUT2D eigenvalue weighted by molar-refractivity contribution is -1.30. The summed E-state index contributed by atoms with van der Waals surface area (Å²) < 4.78 is 5.31. The lowest BCUT2D eigenvalue weighted by Gasteiger charge is -2.52. The van der Waals surface area contributed by atoms with Crippen LogP contribution in [0.2, 0.25) is 5.02 Å². The van der Waals surface area contributed by atoms with Gasteiger partial charge in [0.2, 0.25) is 20.0 Å². The Morgan fingerprint density at radius 3 is 2.28 bits per heavy atom. The maximum Gasteiger partial charge on any atom is 0.213 e. The molecule has 4 aliphatic heterocycles. The first-order valence-corrected chi connectivity index (χ1v) is 10.5. The van der Waals surface area contributed by atoms with Crippen molar-refractivity contribution >= 4 is 23.5 Å². The van der Waals surface area contributed by atoms with Crippen molar-refractivity contribution in [3.63, 3.8) is 0 Å². The van der Waals surface area contributed by atoms with E-state index in [-0.39, 0.29) is 5.41 Å². The molecule has 150 valence electrons. The number of nitrogens with one attached hydrogen (secondary N) is 3. The highest BCUT2D eigenvalue weighted by atomic mass is 35.5. The number of quaternary nitrogens is 3. The summed E-state index contributed by atoms with van der Waals surface area (Å²) in [4.78, 5) is 5.03. The van der Waals surface area contributed by atoms with Gasteiger partial charge >= 0.3 is 0 Å². The zero-order valence-electron chi connectivity index (χ0n) is 16.6. The summed E-state index contributed by atoms with van der Waals surface area (Å²) in [6.45, 7) is 7.09. The third-order valence-electron chi connectivity index (χ3n) is 6.34. The number of ether oxygens (including phenoxy) is 1. The molecule has 4 aliphatic rings. The van der Waals surface area contributed by atoms with Crippen molar-refractivity contribution < 1.29 is 19.4 Å². The summed E-state index contributed by atoms with van der Waals surface area (Å²) >= 11 is 6.15. The van der Waals surface area contributed by atoms with E-state index in [4.69, 9.17) is 21.4 Å². The molecule has 7 heteroatoms. The van der Waals surface area contributed by atoms with Gasteiger partial charge in [0.25, 0.3) is 0 Å². The van der Waals surface area contributed by atoms with Crippen LogP contribution in [0.15, 0.2) is 58.7 Å². The van der Waals surface area contributed by atoms with Gasteiger partial charge in [0.15, 0.2) is 5.41 Å². The Labute approximate surface area is 176 Å². The molecule has 6 rings (SSSR count). The van der Waals surface area contributed by atoms with Crippen LogP contribution in [-0.2, 0) is 0 Å². The van der Waals surface area contributed by atoms with Crippen molar-refractivity contribution in [2.24, 2.45) is 15.6 Å². The number of nitrogens with zero attached hydrogens (tertiary/aromatic N) is 2. The normalized spacial score (nSPS) is 30.8. The fourth-order valence-corrected chi connectivity index (χ4v) is 5.58. The Bertz CT molecular complexity index is 921. The summed E-state index contributed by atoms with van der Waals surface area (Å²) in [6.07, 6.45) is 1.81. The summed E-state index contributed by atoms with van der Waals surface area (Å²) in [5, 5.41) is 10.1. The minimum Gasteiger partial charge on any atom is -0.497 e. The van der Waals surface area contributed by atoms with E-state index in [1.165, 1.54) is 20.0 Å². The maximum atomic E-state index is 6.15. The average Bonchev–Trinajstić information content (AvgIpc) is 2.71. The molecule has 6 nitrogen and oxygen atoms in total. The van der Waals surface area contributed by atoms with Crippen LogP contribution in [0.25, 0.3) is 0 Å². The molecule has 0 amide bonds. The molecule has 4 fully saturated rings. The van der Waals surface area contributed by atoms with Gasteiger partial charge in [0, 0.05) is 5.02 Å². The lowest BCUT2D eigenvalue weighted by Crippen LogP contribution is -3.56. The van der Waals surface area contributed by atoms with Crippen molar-refractivity contribution in [1.29, 1.82) is 0 Å². The van der Waals surface area contributed by atoms with Crippen LogP contribution in [0.1, 0.15) is 11.1 Å². The van der Waals surface area contributed by atoms with Crippen molar-refractivity contribution in [3.05, 3.63) is 64.7 Å². The lowest BCUT2D eigenvalue weighted by atomic mass is 9.74. The topological polar surface area (TPSA) is 47.3 Å². The van der Waals surface area contributed by atoms with E-state index in [0.717, 1.165) is 47.2 Å². The van der Waals surface area contributed by atoms with E-state index >= 15 is 0 Å². The van der Waals surface area contributed by atoms with Crippen molar-refractivity contribution in [3.8, 4) is 5.75 Å². The standard InChI is InChI=1S/C22H24ClN5O/c1-29-20-4-2-3-17(9-20)10-24-25-21(18-5-7-19(23)8-6-18)22-11-26-14-27(12-22)16-28(13-22)15-26/h2-10H,11-16H2,1H3/p+3/b24-10-,25-21+. The zero-order chi connectivity index (χ0) is 19.8. The Morgan fingerprint density at radius 2 is 1.66 bits per heavy atom. The number of benzene rings is 2. The highest BCUT2D eigenvalue weighted by molar-refractivity contribution is 6.30. The highest BCUT2D eigenvalue weighted by Crippen LogP contribution is 2.24. The van der Waals surface area contributed by atoms with Gasteiger partial charge in [-0.05, 0) is 35.4 Å². The Balaban J connectivity index is 1.51.